The molecule has 5 nitrogen and oxygen atoms in total. The number of anilines is 1. The van der Waals surface area contributed by atoms with Crippen molar-refractivity contribution in [2.45, 2.75) is 35.8 Å². The summed E-state index contributed by atoms with van der Waals surface area (Å²) in [5.74, 6) is -5.04. The minimum absolute atomic E-state index is 0.0305. The molecule has 32 heavy (non-hydrogen) atoms. The molecule has 0 radical (unpaired) electrons. The number of rotatable bonds is 5. The van der Waals surface area contributed by atoms with Crippen molar-refractivity contribution in [1.82, 2.24) is 0 Å². The summed E-state index contributed by atoms with van der Waals surface area (Å²) < 4.78 is 66.7. The Hall–Kier alpha value is -2.10. The number of halogens is 4. The van der Waals surface area contributed by atoms with E-state index in [-0.39, 0.29) is 45.5 Å². The lowest BCUT2D eigenvalue weighted by Gasteiger charge is -2.34. The van der Waals surface area contributed by atoms with Gasteiger partial charge in [-0.3, -0.25) is 4.79 Å². The number of carbonyl (C=O) groups excluding carboxylic acids is 1. The van der Waals surface area contributed by atoms with E-state index in [9.17, 15) is 31.5 Å². The maximum absolute atomic E-state index is 13.4. The van der Waals surface area contributed by atoms with Crippen molar-refractivity contribution in [1.29, 1.82) is 0 Å². The second kappa shape index (κ2) is 8.68. The molecule has 0 saturated heterocycles. The van der Waals surface area contributed by atoms with Gasteiger partial charge in [-0.25, -0.2) is 21.6 Å². The second-order valence-corrected chi connectivity index (χ2v) is 11.0. The first kappa shape index (κ1) is 23.1. The summed E-state index contributed by atoms with van der Waals surface area (Å²) >= 11 is 6.18. The van der Waals surface area contributed by atoms with E-state index in [0.717, 1.165) is 18.9 Å². The van der Waals surface area contributed by atoms with Gasteiger partial charge in [-0.15, -0.1) is 0 Å². The summed E-state index contributed by atoms with van der Waals surface area (Å²) in [5.41, 5.74) is -0.394. The smallest absolute Gasteiger partial charge is 0.255 e. The third-order valence-corrected chi connectivity index (χ3v) is 9.30. The van der Waals surface area contributed by atoms with Crippen molar-refractivity contribution in [3.05, 3.63) is 58.4 Å². The van der Waals surface area contributed by atoms with Gasteiger partial charge in [0.2, 0.25) is 0 Å². The van der Waals surface area contributed by atoms with Gasteiger partial charge in [0.05, 0.1) is 15.2 Å². The molecule has 2 N–H and O–H groups in total. The molecule has 2 bridgehead atoms. The predicted molar refractivity (Wildman–Crippen MR) is 113 cm³/mol. The molecule has 2 aromatic rings. The Morgan fingerprint density at radius 3 is 2.22 bits per heavy atom. The van der Waals surface area contributed by atoms with E-state index < -0.39 is 38.4 Å². The molecule has 0 spiro atoms. The van der Waals surface area contributed by atoms with Crippen LogP contribution in [0.15, 0.2) is 35.2 Å². The highest BCUT2D eigenvalue weighted by atomic mass is 35.5. The molecule has 0 heterocycles. The number of fused-ring (bicyclic) bond motifs is 2. The Balaban J connectivity index is 1.59. The normalized spacial score (nSPS) is 25.0. The molecule has 2 aliphatic rings. The predicted octanol–water partition coefficient (Wildman–Crippen LogP) is 4.58. The summed E-state index contributed by atoms with van der Waals surface area (Å²) in [6.07, 6.45) is 2.60. The monoisotopic (exact) mass is 487 g/mol. The molecule has 1 unspecified atom stereocenters. The average Bonchev–Trinajstić information content (AvgIpc) is 2.99. The molecule has 2 aromatic carbocycles. The first-order valence-corrected chi connectivity index (χ1v) is 12.1. The van der Waals surface area contributed by atoms with Gasteiger partial charge in [-0.05, 0) is 61.6 Å². The number of hydrogen-bond donors (Lipinski definition) is 2. The lowest BCUT2D eigenvalue weighted by atomic mass is 9.79. The number of aliphatic hydroxyl groups excluding tert-OH is 1. The maximum Gasteiger partial charge on any atom is 0.255 e. The molecular formula is C22H21ClF3NO4S. The maximum atomic E-state index is 13.4. The van der Waals surface area contributed by atoms with Crippen LogP contribution in [-0.2, 0) is 9.84 Å². The van der Waals surface area contributed by atoms with Crippen LogP contribution in [0.5, 0.6) is 0 Å². The zero-order chi connectivity index (χ0) is 23.2. The topological polar surface area (TPSA) is 83.5 Å². The van der Waals surface area contributed by atoms with Gasteiger partial charge in [-0.2, -0.15) is 0 Å². The van der Waals surface area contributed by atoms with E-state index in [1.165, 1.54) is 12.1 Å². The summed E-state index contributed by atoms with van der Waals surface area (Å²) in [4.78, 5) is 12.4. The highest BCUT2D eigenvalue weighted by Gasteiger charge is 2.46. The minimum Gasteiger partial charge on any atom is -0.396 e. The van der Waals surface area contributed by atoms with Crippen LogP contribution in [-0.4, -0.2) is 31.3 Å². The number of carbonyl (C=O) groups is 1. The van der Waals surface area contributed by atoms with E-state index in [1.807, 2.05) is 0 Å². The Labute approximate surface area is 188 Å². The number of hydrogen-bond acceptors (Lipinski definition) is 4. The summed E-state index contributed by atoms with van der Waals surface area (Å²) in [6, 6.07) is 4.96. The zero-order valence-corrected chi connectivity index (χ0v) is 18.4. The van der Waals surface area contributed by atoms with Gasteiger partial charge < -0.3 is 10.4 Å². The molecular weight excluding hydrogens is 467 g/mol. The van der Waals surface area contributed by atoms with Gasteiger partial charge in [0.1, 0.15) is 0 Å². The van der Waals surface area contributed by atoms with Crippen LogP contribution in [0.4, 0.5) is 18.9 Å². The standard InChI is InChI=1S/C22H21ClF3NO4S/c23-17-4-3-13(22(29)27-14-8-18(24)21(26)19(25)9-14)7-20(17)32(30,31)15-5-11-1-2-12(6-15)16(11)10-28/h3-4,7-9,11-12,15-16,28H,1-2,5-6,10H2,(H,27,29)/t11-,12?,15+,16-/m0/s1. The number of nitrogens with one attached hydrogen (secondary N) is 1. The molecule has 2 fully saturated rings. The molecule has 2 saturated carbocycles. The number of benzene rings is 2. The van der Waals surface area contributed by atoms with Gasteiger partial charge in [0.25, 0.3) is 5.91 Å². The van der Waals surface area contributed by atoms with Gasteiger partial charge in [0, 0.05) is 30.0 Å². The van der Waals surface area contributed by atoms with Crippen molar-refractivity contribution >= 4 is 33.0 Å². The summed E-state index contributed by atoms with van der Waals surface area (Å²) in [5, 5.41) is 11.1. The van der Waals surface area contributed by atoms with Crippen molar-refractivity contribution in [2.24, 2.45) is 17.8 Å². The van der Waals surface area contributed by atoms with Crippen molar-refractivity contribution in [3.8, 4) is 0 Å². The van der Waals surface area contributed by atoms with Crippen LogP contribution in [0.3, 0.4) is 0 Å². The lowest BCUT2D eigenvalue weighted by molar-refractivity contribution is 0.102. The summed E-state index contributed by atoms with van der Waals surface area (Å²) in [7, 11) is -3.86. The van der Waals surface area contributed by atoms with Gasteiger partial charge in [-0.1, -0.05) is 11.6 Å². The highest BCUT2D eigenvalue weighted by molar-refractivity contribution is 7.92. The van der Waals surface area contributed by atoms with Gasteiger partial charge in [0.15, 0.2) is 27.3 Å². The number of aliphatic hydroxyl groups is 1. The molecule has 0 aliphatic heterocycles. The van der Waals surface area contributed by atoms with Crippen LogP contribution in [0, 0.1) is 35.2 Å². The number of sulfone groups is 1. The van der Waals surface area contributed by atoms with Crippen LogP contribution in [0.2, 0.25) is 5.02 Å². The highest BCUT2D eigenvalue weighted by Crippen LogP contribution is 2.49. The van der Waals surface area contributed by atoms with E-state index in [0.29, 0.717) is 25.0 Å². The SMILES string of the molecule is O=C(Nc1cc(F)c(F)c(F)c1)c1ccc(Cl)c(S(=O)(=O)[C@H]2CC3CC[C@@H](C2)[C@@H]3CO)c1. The molecule has 10 heteroatoms. The minimum atomic E-state index is -3.86. The fourth-order valence-corrected chi connectivity index (χ4v) is 7.45. The van der Waals surface area contributed by atoms with E-state index >= 15 is 0 Å². The largest absolute Gasteiger partial charge is 0.396 e. The molecule has 1 amide bonds. The van der Waals surface area contributed by atoms with E-state index in [2.05, 4.69) is 5.32 Å². The first-order chi connectivity index (χ1) is 15.1. The van der Waals surface area contributed by atoms with Crippen molar-refractivity contribution in [3.63, 3.8) is 0 Å². The molecule has 4 rings (SSSR count). The summed E-state index contributed by atoms with van der Waals surface area (Å²) in [6.45, 7) is 0.0447. The van der Waals surface area contributed by atoms with Crippen molar-refractivity contribution in [2.75, 3.05) is 11.9 Å². The average molecular weight is 488 g/mol. The molecule has 2 aliphatic carbocycles. The Morgan fingerprint density at radius 1 is 1.06 bits per heavy atom. The Bertz CT molecular complexity index is 1140. The lowest BCUT2D eigenvalue weighted by Crippen LogP contribution is -2.36. The van der Waals surface area contributed by atoms with Crippen LogP contribution in [0.25, 0.3) is 0 Å². The second-order valence-electron chi connectivity index (χ2n) is 8.44. The fraction of sp³-hybridized carbons (Fsp3) is 0.409. The van der Waals surface area contributed by atoms with Gasteiger partial charge >= 0.3 is 0 Å². The van der Waals surface area contributed by atoms with Crippen LogP contribution < -0.4 is 5.32 Å². The Morgan fingerprint density at radius 2 is 1.66 bits per heavy atom. The quantitative estimate of drug-likeness (QED) is 0.605. The van der Waals surface area contributed by atoms with Crippen molar-refractivity contribution < 1.29 is 31.5 Å². The fourth-order valence-electron chi connectivity index (χ4n) is 5.02. The number of amides is 1. The molecule has 4 atom stereocenters. The third kappa shape index (κ3) is 4.13. The zero-order valence-electron chi connectivity index (χ0n) is 16.8. The molecule has 172 valence electrons. The van der Waals surface area contributed by atoms with E-state index in [4.69, 9.17) is 11.6 Å². The molecule has 0 aromatic heterocycles. The Kier molecular flexibility index (Phi) is 6.26. The third-order valence-electron chi connectivity index (χ3n) is 6.64. The van der Waals surface area contributed by atoms with Crippen LogP contribution >= 0.6 is 11.6 Å². The van der Waals surface area contributed by atoms with Crippen LogP contribution in [0.1, 0.15) is 36.0 Å². The van der Waals surface area contributed by atoms with E-state index in [1.54, 1.807) is 0 Å². The first-order valence-electron chi connectivity index (χ1n) is 10.2.